The molecule has 74 heavy (non-hydrogen) atoms. The Morgan fingerprint density at radius 1 is 0.324 bits per heavy atom. The Bertz CT molecular complexity index is 3080. The van der Waals surface area contributed by atoms with Crippen LogP contribution in [0.25, 0.3) is 44.5 Å². The molecule has 12 nitrogen and oxygen atoms in total. The topological polar surface area (TPSA) is 158 Å². The van der Waals surface area contributed by atoms with Gasteiger partial charge in [0.1, 0.15) is 17.3 Å². The molecule has 0 bridgehead atoms. The molecule has 0 N–H and O–H groups in total. The van der Waals surface area contributed by atoms with Gasteiger partial charge in [0.2, 0.25) is 0 Å². The van der Waals surface area contributed by atoms with Crippen LogP contribution < -0.4 is 28.4 Å². The molecule has 0 amide bonds. The van der Waals surface area contributed by atoms with Gasteiger partial charge < -0.3 is 28.4 Å². The Balaban J connectivity index is 0.000000274. The lowest BCUT2D eigenvalue weighted by molar-refractivity contribution is -0.132. The summed E-state index contributed by atoms with van der Waals surface area (Å²) in [6.07, 6.45) is 0. The molecular weight excluding hydrogens is 944 g/mol. The zero-order valence-electron chi connectivity index (χ0n) is 42.1. The van der Waals surface area contributed by atoms with Crippen LogP contribution in [0.2, 0.25) is 0 Å². The van der Waals surface area contributed by atoms with Crippen LogP contribution in [0.5, 0.6) is 34.5 Å². The lowest BCUT2D eigenvalue weighted by atomic mass is 9.95. The maximum atomic E-state index is 15.1. The summed E-state index contributed by atoms with van der Waals surface area (Å²) in [6, 6.07) is 33.7. The van der Waals surface area contributed by atoms with Crippen molar-refractivity contribution >= 4 is 35.8 Å². The summed E-state index contributed by atoms with van der Waals surface area (Å²) in [5.74, 6) is -3.21. The molecule has 6 aromatic carbocycles. The van der Waals surface area contributed by atoms with Crippen molar-refractivity contribution in [2.24, 2.45) is 0 Å². The van der Waals surface area contributed by atoms with E-state index in [9.17, 15) is 28.8 Å². The molecular formula is C61H53FO12. The molecule has 0 saturated heterocycles. The molecule has 0 saturated carbocycles. The lowest BCUT2D eigenvalue weighted by Crippen LogP contribution is -2.12. The normalized spacial score (nSPS) is 10.3. The van der Waals surface area contributed by atoms with Gasteiger partial charge in [-0.2, -0.15) is 0 Å². The summed E-state index contributed by atoms with van der Waals surface area (Å²) in [7, 11) is 0. The minimum atomic E-state index is -0.705. The van der Waals surface area contributed by atoms with Gasteiger partial charge in [0, 0.05) is 39.0 Å². The third kappa shape index (κ3) is 14.8. The molecule has 6 aromatic rings. The van der Waals surface area contributed by atoms with Crippen molar-refractivity contribution < 1.29 is 61.6 Å². The highest BCUT2D eigenvalue weighted by molar-refractivity contribution is 5.93. The van der Waals surface area contributed by atoms with Crippen LogP contribution in [0, 0.1) is 12.7 Å². The smallest absolute Gasteiger partial charge is 0.338 e. The molecule has 0 atom stereocenters. The predicted molar refractivity (Wildman–Crippen MR) is 282 cm³/mol. The Kier molecular flexibility index (Phi) is 18.4. The van der Waals surface area contributed by atoms with Gasteiger partial charge in [-0.15, -0.1) is 0 Å². The third-order valence-electron chi connectivity index (χ3n) is 10.4. The van der Waals surface area contributed by atoms with Crippen LogP contribution in [0.15, 0.2) is 194 Å². The number of esters is 6. The molecule has 0 spiro atoms. The summed E-state index contributed by atoms with van der Waals surface area (Å²) in [5, 5.41) is 0. The summed E-state index contributed by atoms with van der Waals surface area (Å²) >= 11 is 0. The minimum Gasteiger partial charge on any atom is -0.423 e. The van der Waals surface area contributed by atoms with Gasteiger partial charge in [-0.1, -0.05) is 106 Å². The average Bonchev–Trinajstić information content (AvgIpc) is 3.35. The number of carbonyl (C=O) groups excluding carboxylic acids is 6. The number of hydrogen-bond donors (Lipinski definition) is 0. The van der Waals surface area contributed by atoms with Crippen LogP contribution in [0.3, 0.4) is 0 Å². The van der Waals surface area contributed by atoms with E-state index in [4.69, 9.17) is 28.4 Å². The monoisotopic (exact) mass is 996 g/mol. The summed E-state index contributed by atoms with van der Waals surface area (Å²) in [5.41, 5.74) is 7.88. The molecule has 13 heteroatoms. The molecule has 0 unspecified atom stereocenters. The Hall–Kier alpha value is -9.49. The fourth-order valence-corrected chi connectivity index (χ4v) is 6.34. The zero-order valence-corrected chi connectivity index (χ0v) is 42.1. The van der Waals surface area contributed by atoms with Gasteiger partial charge in [0.05, 0.1) is 0 Å². The zero-order chi connectivity index (χ0) is 54.6. The SMILES string of the molecule is C=C(C)C(=O)Oc1ccc(-c2ccc(-c3ccc(OC(=O)C(=C)C)c(OC(=O)C(=C)C)c3)cc2C)cc1.C=C(C)C(=O)Oc1ccc(-c2ccc(-c3ccc(OC(=O)C(=C)C)c(OC(=O)C(=C)C)c3)cc2F)cc1. The highest BCUT2D eigenvalue weighted by atomic mass is 19.1. The quantitative estimate of drug-likeness (QED) is 0.0514. The molecule has 0 fully saturated rings. The van der Waals surface area contributed by atoms with E-state index in [1.807, 2.05) is 37.3 Å². The Morgan fingerprint density at radius 3 is 0.932 bits per heavy atom. The van der Waals surface area contributed by atoms with Gasteiger partial charge in [-0.05, 0) is 148 Å². The van der Waals surface area contributed by atoms with Gasteiger partial charge in [-0.3, -0.25) is 0 Å². The first-order chi connectivity index (χ1) is 34.9. The molecule has 0 radical (unpaired) electrons. The molecule has 6 rings (SSSR count). The first kappa shape index (κ1) is 55.4. The van der Waals surface area contributed by atoms with E-state index >= 15 is 4.39 Å². The predicted octanol–water partition coefficient (Wildman–Crippen LogP) is 13.4. The van der Waals surface area contributed by atoms with E-state index in [1.165, 1.54) is 45.9 Å². The van der Waals surface area contributed by atoms with Crippen LogP contribution in [0.1, 0.15) is 47.1 Å². The van der Waals surface area contributed by atoms with Crippen molar-refractivity contribution in [2.75, 3.05) is 0 Å². The average molecular weight is 997 g/mol. The summed E-state index contributed by atoms with van der Waals surface area (Å²) in [4.78, 5) is 71.8. The molecule has 0 aliphatic rings. The number of benzene rings is 6. The standard InChI is InChI=1S/C31H28O6.C30H25FO6/c1-18(2)29(32)35-25-12-8-22(9-13-25)26-14-10-23(16-21(26)7)24-11-15-27(36-30(33)19(3)4)28(17-24)37-31(34)20(5)6;1-17(2)28(32)35-23-11-7-20(8-12-23)24-13-9-21(15-25(24)31)22-10-14-26(36-29(33)18(3)4)27(16-22)37-30(34)19(5)6/h8-17H,1,3,5H2,2,4,6-7H3;7-16H,1,3,5H2,2,4,6H3. The highest BCUT2D eigenvalue weighted by Gasteiger charge is 2.20. The van der Waals surface area contributed by atoms with Crippen molar-refractivity contribution in [3.05, 3.63) is 206 Å². The van der Waals surface area contributed by atoms with Crippen LogP contribution >= 0.6 is 0 Å². The van der Waals surface area contributed by atoms with Crippen molar-refractivity contribution in [3.63, 3.8) is 0 Å². The molecule has 0 heterocycles. The van der Waals surface area contributed by atoms with Gasteiger partial charge in [0.15, 0.2) is 23.0 Å². The van der Waals surface area contributed by atoms with Crippen molar-refractivity contribution in [1.29, 1.82) is 0 Å². The van der Waals surface area contributed by atoms with Gasteiger partial charge >= 0.3 is 35.8 Å². The van der Waals surface area contributed by atoms with E-state index in [-0.39, 0.29) is 50.9 Å². The number of ether oxygens (including phenoxy) is 6. The molecule has 0 aliphatic carbocycles. The van der Waals surface area contributed by atoms with E-state index < -0.39 is 41.6 Å². The second-order valence-corrected chi connectivity index (χ2v) is 17.1. The van der Waals surface area contributed by atoms with E-state index in [2.05, 4.69) is 39.5 Å². The van der Waals surface area contributed by atoms with E-state index in [0.29, 0.717) is 39.3 Å². The maximum absolute atomic E-state index is 15.1. The van der Waals surface area contributed by atoms with Crippen molar-refractivity contribution in [2.45, 2.75) is 48.5 Å². The van der Waals surface area contributed by atoms with Crippen molar-refractivity contribution in [3.8, 4) is 79.0 Å². The summed E-state index contributed by atoms with van der Waals surface area (Å²) < 4.78 is 46.9. The Morgan fingerprint density at radius 2 is 0.595 bits per heavy atom. The number of carbonyl (C=O) groups is 6. The van der Waals surface area contributed by atoms with Crippen molar-refractivity contribution in [1.82, 2.24) is 0 Å². The number of aryl methyl sites for hydroxylation is 1. The van der Waals surface area contributed by atoms with E-state index in [1.54, 1.807) is 86.6 Å². The highest BCUT2D eigenvalue weighted by Crippen LogP contribution is 2.38. The fraction of sp³-hybridized carbons (Fsp3) is 0.115. The van der Waals surface area contributed by atoms with Crippen LogP contribution in [-0.2, 0) is 28.8 Å². The first-order valence-corrected chi connectivity index (χ1v) is 22.6. The lowest BCUT2D eigenvalue weighted by Gasteiger charge is -2.14. The first-order valence-electron chi connectivity index (χ1n) is 22.6. The second kappa shape index (κ2) is 24.6. The maximum Gasteiger partial charge on any atom is 0.338 e. The van der Waals surface area contributed by atoms with Crippen LogP contribution in [0.4, 0.5) is 4.39 Å². The van der Waals surface area contributed by atoms with Gasteiger partial charge in [-0.25, -0.2) is 33.2 Å². The fourth-order valence-electron chi connectivity index (χ4n) is 6.34. The molecule has 376 valence electrons. The Labute approximate surface area is 429 Å². The third-order valence-corrected chi connectivity index (χ3v) is 10.4. The minimum absolute atomic E-state index is 0.0101. The number of halogens is 1. The second-order valence-electron chi connectivity index (χ2n) is 17.1. The molecule has 0 aliphatic heterocycles. The van der Waals surface area contributed by atoms with E-state index in [0.717, 1.165) is 27.8 Å². The van der Waals surface area contributed by atoms with Crippen LogP contribution in [-0.4, -0.2) is 35.8 Å². The number of rotatable bonds is 16. The van der Waals surface area contributed by atoms with Gasteiger partial charge in [0.25, 0.3) is 0 Å². The molecule has 0 aromatic heterocycles. The largest absolute Gasteiger partial charge is 0.423 e. The number of hydrogen-bond acceptors (Lipinski definition) is 12. The summed E-state index contributed by atoms with van der Waals surface area (Å²) in [6.45, 7) is 32.6.